The van der Waals surface area contributed by atoms with E-state index >= 15 is 0 Å². The Morgan fingerprint density at radius 1 is 1.04 bits per heavy atom. The van der Waals surface area contributed by atoms with Crippen molar-refractivity contribution in [1.82, 2.24) is 15.1 Å². The predicted molar refractivity (Wildman–Crippen MR) is 87.0 cm³/mol. The van der Waals surface area contributed by atoms with Gasteiger partial charge in [-0.3, -0.25) is 19.3 Å². The van der Waals surface area contributed by atoms with Gasteiger partial charge in [-0.2, -0.15) is 0 Å². The highest BCUT2D eigenvalue weighted by atomic mass is 16.4. The van der Waals surface area contributed by atoms with Gasteiger partial charge in [0.15, 0.2) is 0 Å². The SMILES string of the molecule is CCN(CC)C(=O)CCC(=O)NC1CC(N(CC)CC(=O)O)C1. The molecule has 0 aromatic carbocycles. The first-order valence-electron chi connectivity index (χ1n) is 8.44. The largest absolute Gasteiger partial charge is 0.480 e. The highest BCUT2D eigenvalue weighted by Gasteiger charge is 2.34. The highest BCUT2D eigenvalue weighted by Crippen LogP contribution is 2.25. The maximum absolute atomic E-state index is 11.9. The molecular weight excluding hydrogens is 298 g/mol. The third kappa shape index (κ3) is 6.17. The number of nitrogens with one attached hydrogen (secondary N) is 1. The lowest BCUT2D eigenvalue weighted by atomic mass is 9.85. The second-order valence-corrected chi connectivity index (χ2v) is 5.91. The first-order chi connectivity index (χ1) is 10.9. The molecule has 1 aliphatic rings. The summed E-state index contributed by atoms with van der Waals surface area (Å²) >= 11 is 0. The molecule has 23 heavy (non-hydrogen) atoms. The van der Waals surface area contributed by atoms with Crippen LogP contribution in [0.3, 0.4) is 0 Å². The Morgan fingerprint density at radius 3 is 2.13 bits per heavy atom. The number of carbonyl (C=O) groups is 3. The molecule has 132 valence electrons. The van der Waals surface area contributed by atoms with E-state index in [0.29, 0.717) is 19.6 Å². The van der Waals surface area contributed by atoms with Crippen LogP contribution in [0.2, 0.25) is 0 Å². The first-order valence-corrected chi connectivity index (χ1v) is 8.44. The number of carboxylic acids is 1. The predicted octanol–water partition coefficient (Wildman–Crippen LogP) is 0.689. The quantitative estimate of drug-likeness (QED) is 0.616. The average molecular weight is 327 g/mol. The van der Waals surface area contributed by atoms with Crippen LogP contribution in [-0.4, -0.2) is 71.0 Å². The van der Waals surface area contributed by atoms with Gasteiger partial charge in [0.1, 0.15) is 0 Å². The molecule has 0 saturated heterocycles. The number of nitrogens with zero attached hydrogens (tertiary/aromatic N) is 2. The van der Waals surface area contributed by atoms with Crippen LogP contribution in [0.4, 0.5) is 0 Å². The van der Waals surface area contributed by atoms with Gasteiger partial charge in [0, 0.05) is 38.0 Å². The second kappa shape index (κ2) is 9.50. The number of carbonyl (C=O) groups excluding carboxylic acids is 2. The Kier molecular flexibility index (Phi) is 8.02. The van der Waals surface area contributed by atoms with E-state index in [1.807, 2.05) is 25.7 Å². The minimum Gasteiger partial charge on any atom is -0.480 e. The summed E-state index contributed by atoms with van der Waals surface area (Å²) in [7, 11) is 0. The van der Waals surface area contributed by atoms with Crippen LogP contribution in [-0.2, 0) is 14.4 Å². The molecule has 1 saturated carbocycles. The maximum Gasteiger partial charge on any atom is 0.317 e. The fraction of sp³-hybridized carbons (Fsp3) is 0.812. The normalized spacial score (nSPS) is 20.0. The summed E-state index contributed by atoms with van der Waals surface area (Å²) in [6.07, 6.45) is 2.00. The van der Waals surface area contributed by atoms with Crippen molar-refractivity contribution < 1.29 is 19.5 Å². The molecular formula is C16H29N3O4. The van der Waals surface area contributed by atoms with Crippen molar-refractivity contribution in [2.45, 2.75) is 58.5 Å². The molecule has 1 rings (SSSR count). The van der Waals surface area contributed by atoms with Crippen LogP contribution in [0.25, 0.3) is 0 Å². The number of rotatable bonds is 10. The average Bonchev–Trinajstić information content (AvgIpc) is 2.47. The van der Waals surface area contributed by atoms with Gasteiger partial charge >= 0.3 is 5.97 Å². The van der Waals surface area contributed by atoms with Crippen molar-refractivity contribution in [3.05, 3.63) is 0 Å². The summed E-state index contributed by atoms with van der Waals surface area (Å²) in [5.41, 5.74) is 0. The van der Waals surface area contributed by atoms with E-state index in [9.17, 15) is 14.4 Å². The van der Waals surface area contributed by atoms with Crippen LogP contribution >= 0.6 is 0 Å². The lowest BCUT2D eigenvalue weighted by Gasteiger charge is -2.42. The van der Waals surface area contributed by atoms with Crippen molar-refractivity contribution in [3.8, 4) is 0 Å². The highest BCUT2D eigenvalue weighted by molar-refractivity contribution is 5.84. The molecule has 0 aliphatic heterocycles. The zero-order valence-corrected chi connectivity index (χ0v) is 14.4. The van der Waals surface area contributed by atoms with Gasteiger partial charge in [-0.1, -0.05) is 6.92 Å². The standard InChI is InChI=1S/C16H29N3O4/c1-4-18(5-2)15(21)8-7-14(20)17-12-9-13(10-12)19(6-3)11-16(22)23/h12-13H,4-11H2,1-3H3,(H,17,20)(H,22,23). The maximum atomic E-state index is 11.9. The number of amides is 2. The van der Waals surface area contributed by atoms with Gasteiger partial charge in [0.05, 0.1) is 6.54 Å². The summed E-state index contributed by atoms with van der Waals surface area (Å²) in [6, 6.07) is 0.317. The number of hydrogen-bond donors (Lipinski definition) is 2. The van der Waals surface area contributed by atoms with Gasteiger partial charge in [-0.15, -0.1) is 0 Å². The Labute approximate surface area is 138 Å². The van der Waals surface area contributed by atoms with Gasteiger partial charge < -0.3 is 15.3 Å². The molecule has 0 unspecified atom stereocenters. The zero-order valence-electron chi connectivity index (χ0n) is 14.4. The Bertz CT molecular complexity index is 418. The van der Waals surface area contributed by atoms with Gasteiger partial charge in [0.2, 0.25) is 11.8 Å². The lowest BCUT2D eigenvalue weighted by Crippen LogP contribution is -2.54. The third-order valence-corrected chi connectivity index (χ3v) is 4.42. The Hall–Kier alpha value is -1.63. The fourth-order valence-corrected chi connectivity index (χ4v) is 2.93. The summed E-state index contributed by atoms with van der Waals surface area (Å²) in [4.78, 5) is 38.1. The molecule has 0 radical (unpaired) electrons. The minimum absolute atomic E-state index is 0.00949. The summed E-state index contributed by atoms with van der Waals surface area (Å²) in [5.74, 6) is -0.917. The van der Waals surface area contributed by atoms with Crippen LogP contribution in [0.5, 0.6) is 0 Å². The fourth-order valence-electron chi connectivity index (χ4n) is 2.93. The zero-order chi connectivity index (χ0) is 17.4. The molecule has 0 bridgehead atoms. The molecule has 2 amide bonds. The third-order valence-electron chi connectivity index (χ3n) is 4.42. The topological polar surface area (TPSA) is 90.0 Å². The van der Waals surface area contributed by atoms with E-state index in [2.05, 4.69) is 5.32 Å². The Morgan fingerprint density at radius 2 is 1.65 bits per heavy atom. The van der Waals surface area contributed by atoms with E-state index in [0.717, 1.165) is 12.8 Å². The monoisotopic (exact) mass is 327 g/mol. The van der Waals surface area contributed by atoms with Crippen LogP contribution in [0.1, 0.15) is 46.5 Å². The molecule has 1 fully saturated rings. The summed E-state index contributed by atoms with van der Waals surface area (Å²) < 4.78 is 0. The van der Waals surface area contributed by atoms with Crippen molar-refractivity contribution in [3.63, 3.8) is 0 Å². The summed E-state index contributed by atoms with van der Waals surface area (Å²) in [5, 5.41) is 11.8. The lowest BCUT2D eigenvalue weighted by molar-refractivity contribution is -0.139. The van der Waals surface area contributed by atoms with E-state index < -0.39 is 5.97 Å². The Balaban J connectivity index is 2.25. The number of likely N-dealkylation sites (N-methyl/N-ethyl adjacent to an activating group) is 1. The molecule has 0 heterocycles. The molecule has 0 aromatic heterocycles. The number of hydrogen-bond acceptors (Lipinski definition) is 4. The van der Waals surface area contributed by atoms with Gasteiger partial charge in [-0.05, 0) is 33.2 Å². The first kappa shape index (κ1) is 19.4. The van der Waals surface area contributed by atoms with Gasteiger partial charge in [-0.25, -0.2) is 0 Å². The number of carboxylic acid groups (broad SMARTS) is 1. The second-order valence-electron chi connectivity index (χ2n) is 5.91. The van der Waals surface area contributed by atoms with Crippen molar-refractivity contribution in [2.24, 2.45) is 0 Å². The molecule has 0 spiro atoms. The summed E-state index contributed by atoms with van der Waals surface area (Å²) in [6.45, 7) is 7.85. The van der Waals surface area contributed by atoms with Crippen molar-refractivity contribution in [1.29, 1.82) is 0 Å². The number of aliphatic carboxylic acids is 1. The van der Waals surface area contributed by atoms with Crippen LogP contribution < -0.4 is 5.32 Å². The van der Waals surface area contributed by atoms with E-state index in [1.54, 1.807) is 4.90 Å². The van der Waals surface area contributed by atoms with Crippen molar-refractivity contribution in [2.75, 3.05) is 26.2 Å². The molecule has 0 aromatic rings. The van der Waals surface area contributed by atoms with E-state index in [-0.39, 0.29) is 43.3 Å². The van der Waals surface area contributed by atoms with E-state index in [4.69, 9.17) is 5.11 Å². The minimum atomic E-state index is -0.825. The molecule has 0 atom stereocenters. The molecule has 7 heteroatoms. The molecule has 7 nitrogen and oxygen atoms in total. The smallest absolute Gasteiger partial charge is 0.317 e. The van der Waals surface area contributed by atoms with E-state index in [1.165, 1.54) is 0 Å². The van der Waals surface area contributed by atoms with Gasteiger partial charge in [0.25, 0.3) is 0 Å². The van der Waals surface area contributed by atoms with Crippen LogP contribution in [0, 0.1) is 0 Å². The van der Waals surface area contributed by atoms with Crippen LogP contribution in [0.15, 0.2) is 0 Å². The molecule has 2 N–H and O–H groups in total. The molecule has 1 aliphatic carbocycles. The van der Waals surface area contributed by atoms with Crippen molar-refractivity contribution >= 4 is 17.8 Å².